The molecule has 13 heavy (non-hydrogen) atoms. The van der Waals surface area contributed by atoms with E-state index < -0.39 is 6.10 Å². The van der Waals surface area contributed by atoms with Crippen LogP contribution in [0.2, 0.25) is 0 Å². The minimum Gasteiger partial charge on any atom is -0.493 e. The molecule has 0 fully saturated rings. The van der Waals surface area contributed by atoms with Gasteiger partial charge >= 0.3 is 0 Å². The molecule has 1 aromatic rings. The third-order valence-electron chi connectivity index (χ3n) is 1.87. The fourth-order valence-corrected chi connectivity index (χ4v) is 1.23. The van der Waals surface area contributed by atoms with Crippen LogP contribution < -0.4 is 9.47 Å². The average molecular weight is 181 g/mol. The molecule has 1 rings (SSSR count). The van der Waals surface area contributed by atoms with Gasteiger partial charge in [0.1, 0.15) is 6.10 Å². The van der Waals surface area contributed by atoms with Crippen molar-refractivity contribution in [2.75, 3.05) is 14.2 Å². The first-order valence-electron chi connectivity index (χ1n) is 4.07. The van der Waals surface area contributed by atoms with Crippen LogP contribution in [0.1, 0.15) is 18.6 Å². The lowest BCUT2D eigenvalue weighted by atomic mass is 10.1. The molecule has 0 N–H and O–H groups in total. The highest BCUT2D eigenvalue weighted by Gasteiger charge is 2.13. The third-order valence-corrected chi connectivity index (χ3v) is 1.87. The number of methoxy groups -OCH3 is 2. The lowest BCUT2D eigenvalue weighted by Gasteiger charge is -2.12. The highest BCUT2D eigenvalue weighted by molar-refractivity contribution is 5.47. The van der Waals surface area contributed by atoms with Crippen molar-refractivity contribution in [3.8, 4) is 11.5 Å². The van der Waals surface area contributed by atoms with E-state index >= 15 is 0 Å². The molecule has 0 spiro atoms. The molecular weight excluding hydrogens is 168 g/mol. The van der Waals surface area contributed by atoms with Crippen LogP contribution in [0.5, 0.6) is 11.5 Å². The van der Waals surface area contributed by atoms with Gasteiger partial charge in [0.25, 0.3) is 0 Å². The fraction of sp³-hybridized carbons (Fsp3) is 0.400. The molecule has 0 aliphatic heterocycles. The Morgan fingerprint density at radius 3 is 2.38 bits per heavy atom. The van der Waals surface area contributed by atoms with Gasteiger partial charge in [-0.05, 0) is 13.0 Å². The normalized spacial score (nSPS) is 12.3. The summed E-state index contributed by atoms with van der Waals surface area (Å²) in [6.07, 6.45) is -0.801. The Morgan fingerprint density at radius 1 is 1.23 bits per heavy atom. The second kappa shape index (κ2) is 4.14. The van der Waals surface area contributed by atoms with Crippen LogP contribution >= 0.6 is 0 Å². The Labute approximate surface area is 77.9 Å². The van der Waals surface area contributed by atoms with Gasteiger partial charge in [0.2, 0.25) is 0 Å². The van der Waals surface area contributed by atoms with E-state index in [0.29, 0.717) is 17.1 Å². The second-order valence-electron chi connectivity index (χ2n) is 2.72. The molecule has 0 amide bonds. The largest absolute Gasteiger partial charge is 0.493 e. The minimum atomic E-state index is -0.801. The molecule has 1 aromatic carbocycles. The Balaban J connectivity index is 3.19. The number of ether oxygens (including phenoxy) is 2. The molecule has 0 saturated heterocycles. The quantitative estimate of drug-likeness (QED) is 0.716. The average Bonchev–Trinajstić information content (AvgIpc) is 2.16. The molecule has 71 valence electrons. The molecule has 0 saturated carbocycles. The smallest absolute Gasteiger partial charge is 0.166 e. The van der Waals surface area contributed by atoms with Gasteiger partial charge in [0.05, 0.1) is 14.2 Å². The van der Waals surface area contributed by atoms with Crippen LogP contribution in [0.3, 0.4) is 0 Å². The summed E-state index contributed by atoms with van der Waals surface area (Å²) in [6.45, 7) is 1.58. The maximum absolute atomic E-state index is 11.2. The van der Waals surface area contributed by atoms with E-state index in [1.807, 2.05) is 0 Å². The summed E-state index contributed by atoms with van der Waals surface area (Å²) in [5.74, 6) is 1.13. The summed E-state index contributed by atoms with van der Waals surface area (Å²) in [4.78, 5) is 0. The van der Waals surface area contributed by atoms with Crippen molar-refractivity contribution in [1.29, 1.82) is 0 Å². The predicted molar refractivity (Wildman–Crippen MR) is 48.6 cm³/mol. The van der Waals surface area contributed by atoms with E-state index in [4.69, 9.17) is 9.47 Å². The van der Waals surface area contributed by atoms with Gasteiger partial charge < -0.3 is 9.47 Å². The molecule has 0 aromatic heterocycles. The number of hydrogen-bond acceptors (Lipinski definition) is 2. The van der Waals surface area contributed by atoms with E-state index in [1.165, 1.54) is 7.11 Å². The molecule has 0 aliphatic rings. The van der Waals surface area contributed by atoms with Crippen molar-refractivity contribution in [3.63, 3.8) is 0 Å². The Kier molecular flexibility index (Phi) is 3.14. The van der Waals surface area contributed by atoms with Gasteiger partial charge in [-0.2, -0.15) is 0 Å². The van der Waals surface area contributed by atoms with E-state index in [0.717, 1.165) is 0 Å². The zero-order chi connectivity index (χ0) is 9.84. The first-order chi connectivity index (χ1) is 6.20. The maximum Gasteiger partial charge on any atom is 0.166 e. The summed E-state index contributed by atoms with van der Waals surface area (Å²) < 4.78 is 10.2. The molecule has 3 nitrogen and oxygen atoms in total. The summed E-state index contributed by atoms with van der Waals surface area (Å²) in [5, 5.41) is 11.2. The minimum absolute atomic E-state index is 0.535. The molecule has 3 heteroatoms. The van der Waals surface area contributed by atoms with Crippen molar-refractivity contribution in [2.45, 2.75) is 13.0 Å². The molecule has 1 unspecified atom stereocenters. The number of benzene rings is 1. The fourth-order valence-electron chi connectivity index (χ4n) is 1.23. The first kappa shape index (κ1) is 9.86. The summed E-state index contributed by atoms with van der Waals surface area (Å²) in [7, 11) is 3.08. The highest BCUT2D eigenvalue weighted by atomic mass is 16.5. The second-order valence-corrected chi connectivity index (χ2v) is 2.72. The predicted octanol–water partition coefficient (Wildman–Crippen LogP) is 2.20. The summed E-state index contributed by atoms with van der Waals surface area (Å²) >= 11 is 0. The molecule has 1 atom stereocenters. The van der Waals surface area contributed by atoms with Crippen molar-refractivity contribution >= 4 is 0 Å². The molecule has 0 bridgehead atoms. The van der Waals surface area contributed by atoms with E-state index in [1.54, 1.807) is 32.2 Å². The van der Waals surface area contributed by atoms with Crippen LogP contribution in [0.25, 0.3) is 0 Å². The third kappa shape index (κ3) is 1.92. The van der Waals surface area contributed by atoms with Gasteiger partial charge in [-0.1, -0.05) is 12.1 Å². The van der Waals surface area contributed by atoms with Gasteiger partial charge in [0.15, 0.2) is 11.5 Å². The van der Waals surface area contributed by atoms with Crippen LogP contribution in [-0.2, 0) is 5.11 Å². The Hall–Kier alpha value is -1.22. The molecule has 1 radical (unpaired) electrons. The van der Waals surface area contributed by atoms with Crippen LogP contribution in [-0.4, -0.2) is 14.2 Å². The zero-order valence-electron chi connectivity index (χ0n) is 8.03. The van der Waals surface area contributed by atoms with Crippen LogP contribution in [0.15, 0.2) is 18.2 Å². The van der Waals surface area contributed by atoms with Crippen LogP contribution in [0, 0.1) is 0 Å². The Bertz CT molecular complexity index is 281. The van der Waals surface area contributed by atoms with Crippen molar-refractivity contribution in [1.82, 2.24) is 0 Å². The van der Waals surface area contributed by atoms with Gasteiger partial charge in [0, 0.05) is 5.56 Å². The van der Waals surface area contributed by atoms with Gasteiger partial charge in [-0.3, -0.25) is 0 Å². The van der Waals surface area contributed by atoms with Crippen LogP contribution in [0.4, 0.5) is 0 Å². The number of rotatable bonds is 3. The van der Waals surface area contributed by atoms with Gasteiger partial charge in [-0.25, -0.2) is 5.11 Å². The highest BCUT2D eigenvalue weighted by Crippen LogP contribution is 2.34. The molecule has 0 aliphatic carbocycles. The molecular formula is C10H13O3. The van der Waals surface area contributed by atoms with Gasteiger partial charge in [-0.15, -0.1) is 0 Å². The lowest BCUT2D eigenvalue weighted by Crippen LogP contribution is -1.97. The lowest BCUT2D eigenvalue weighted by molar-refractivity contribution is 0.103. The number of para-hydroxylation sites is 1. The van der Waals surface area contributed by atoms with Crippen molar-refractivity contribution in [2.24, 2.45) is 0 Å². The Morgan fingerprint density at radius 2 is 1.92 bits per heavy atom. The monoisotopic (exact) mass is 181 g/mol. The standard InChI is InChI=1S/C10H13O3/c1-7(11)8-5-4-6-9(12-2)10(8)13-3/h4-7H,1-3H3. The van der Waals surface area contributed by atoms with E-state index in [9.17, 15) is 5.11 Å². The van der Waals surface area contributed by atoms with Crippen molar-refractivity contribution in [3.05, 3.63) is 23.8 Å². The zero-order valence-corrected chi connectivity index (χ0v) is 8.03. The van der Waals surface area contributed by atoms with Crippen molar-refractivity contribution < 1.29 is 14.6 Å². The topological polar surface area (TPSA) is 38.4 Å². The summed E-state index contributed by atoms with van der Waals surface area (Å²) in [6, 6.07) is 5.30. The number of hydrogen-bond donors (Lipinski definition) is 0. The first-order valence-corrected chi connectivity index (χ1v) is 4.07. The van der Waals surface area contributed by atoms with E-state index in [2.05, 4.69) is 0 Å². The summed E-state index contributed by atoms with van der Waals surface area (Å²) in [5.41, 5.74) is 0.627. The van der Waals surface area contributed by atoms with E-state index in [-0.39, 0.29) is 0 Å². The molecule has 0 heterocycles. The maximum atomic E-state index is 11.2. The SMILES string of the molecule is COc1cccc(C(C)[O])c1OC.